The van der Waals surface area contributed by atoms with Gasteiger partial charge in [0.05, 0.1) is 18.7 Å². The van der Waals surface area contributed by atoms with Gasteiger partial charge < -0.3 is 19.5 Å². The third-order valence-corrected chi connectivity index (χ3v) is 6.19. The number of benzene rings is 2. The Bertz CT molecular complexity index is 1170. The molecule has 0 amide bonds. The number of allylic oxidation sites excluding steroid dienone is 1. The number of aryl methyl sites for hydroxylation is 1. The van der Waals surface area contributed by atoms with E-state index < -0.39 is 0 Å². The SMILES string of the molecule is CCc1ccc(-c2noc(C3=C(C)N(CC(C)C)C(=S)NC3c3cccc(OC)c3)n2)cc1. The van der Waals surface area contributed by atoms with E-state index in [2.05, 4.69) is 61.3 Å². The van der Waals surface area contributed by atoms with Crippen LogP contribution >= 0.6 is 12.2 Å². The molecule has 1 unspecified atom stereocenters. The molecule has 6 nitrogen and oxygen atoms in total. The van der Waals surface area contributed by atoms with Crippen LogP contribution in [0.15, 0.2) is 58.8 Å². The van der Waals surface area contributed by atoms with E-state index in [1.54, 1.807) is 7.11 Å². The molecule has 0 saturated carbocycles. The molecule has 2 aromatic carbocycles. The van der Waals surface area contributed by atoms with Crippen molar-refractivity contribution in [1.29, 1.82) is 0 Å². The fourth-order valence-corrected chi connectivity index (χ4v) is 4.38. The smallest absolute Gasteiger partial charge is 0.258 e. The average Bonchev–Trinajstić information content (AvgIpc) is 3.31. The highest BCUT2D eigenvalue weighted by Gasteiger charge is 2.34. The number of rotatable bonds is 7. The number of ether oxygens (including phenoxy) is 1. The molecule has 0 spiro atoms. The molecule has 1 aliphatic rings. The molecule has 0 fully saturated rings. The van der Waals surface area contributed by atoms with Crippen molar-refractivity contribution in [3.8, 4) is 17.1 Å². The third kappa shape index (κ3) is 4.78. The molecule has 0 saturated heterocycles. The van der Waals surface area contributed by atoms with Gasteiger partial charge in [-0.05, 0) is 54.7 Å². The van der Waals surface area contributed by atoms with Gasteiger partial charge in [-0.25, -0.2) is 0 Å². The van der Waals surface area contributed by atoms with Crippen LogP contribution in [0.5, 0.6) is 5.75 Å². The van der Waals surface area contributed by atoms with Gasteiger partial charge in [0.15, 0.2) is 5.11 Å². The number of nitrogens with one attached hydrogen (secondary N) is 1. The maximum Gasteiger partial charge on any atom is 0.258 e. The van der Waals surface area contributed by atoms with Crippen molar-refractivity contribution < 1.29 is 9.26 Å². The van der Waals surface area contributed by atoms with Crippen molar-refractivity contribution in [2.24, 2.45) is 5.92 Å². The minimum Gasteiger partial charge on any atom is -0.497 e. The molecule has 1 aromatic heterocycles. The molecule has 3 aromatic rings. The van der Waals surface area contributed by atoms with E-state index in [4.69, 9.17) is 26.5 Å². The summed E-state index contributed by atoms with van der Waals surface area (Å²) in [6, 6.07) is 16.0. The second kappa shape index (κ2) is 9.75. The van der Waals surface area contributed by atoms with E-state index in [0.717, 1.165) is 41.1 Å². The Hall–Kier alpha value is -3.19. The Kier molecular flexibility index (Phi) is 6.79. The van der Waals surface area contributed by atoms with Crippen molar-refractivity contribution in [2.45, 2.75) is 40.2 Å². The Morgan fingerprint density at radius 1 is 1.18 bits per heavy atom. The van der Waals surface area contributed by atoms with Gasteiger partial charge in [-0.15, -0.1) is 0 Å². The number of thiocarbonyl (C=S) groups is 1. The third-order valence-electron chi connectivity index (χ3n) is 5.85. The van der Waals surface area contributed by atoms with E-state index in [-0.39, 0.29) is 6.04 Å². The molecule has 2 heterocycles. The molecule has 1 aliphatic heterocycles. The second-order valence-electron chi connectivity index (χ2n) is 8.64. The van der Waals surface area contributed by atoms with E-state index >= 15 is 0 Å². The second-order valence-corrected chi connectivity index (χ2v) is 9.02. The van der Waals surface area contributed by atoms with E-state index in [9.17, 15) is 0 Å². The van der Waals surface area contributed by atoms with Gasteiger partial charge >= 0.3 is 0 Å². The van der Waals surface area contributed by atoms with Crippen LogP contribution in [-0.2, 0) is 6.42 Å². The summed E-state index contributed by atoms with van der Waals surface area (Å²) in [7, 11) is 1.67. The van der Waals surface area contributed by atoms with Crippen molar-refractivity contribution >= 4 is 22.9 Å². The van der Waals surface area contributed by atoms with Crippen molar-refractivity contribution in [2.75, 3.05) is 13.7 Å². The fraction of sp³-hybridized carbons (Fsp3) is 0.346. The molecule has 4 rings (SSSR count). The maximum atomic E-state index is 5.82. The number of methoxy groups -OCH3 is 1. The summed E-state index contributed by atoms with van der Waals surface area (Å²) < 4.78 is 11.3. The Morgan fingerprint density at radius 3 is 2.61 bits per heavy atom. The fourth-order valence-electron chi connectivity index (χ4n) is 4.05. The first kappa shape index (κ1) is 23.0. The summed E-state index contributed by atoms with van der Waals surface area (Å²) >= 11 is 5.75. The van der Waals surface area contributed by atoms with Crippen LogP contribution in [0.25, 0.3) is 17.0 Å². The van der Waals surface area contributed by atoms with Crippen LogP contribution in [0.3, 0.4) is 0 Å². The molecule has 33 heavy (non-hydrogen) atoms. The van der Waals surface area contributed by atoms with Crippen LogP contribution in [0.4, 0.5) is 0 Å². The summed E-state index contributed by atoms with van der Waals surface area (Å²) in [5.74, 6) is 2.27. The predicted octanol–water partition coefficient (Wildman–Crippen LogP) is 5.63. The van der Waals surface area contributed by atoms with Gasteiger partial charge in [0, 0.05) is 17.8 Å². The Labute approximate surface area is 200 Å². The zero-order chi connectivity index (χ0) is 23.5. The summed E-state index contributed by atoms with van der Waals surface area (Å²) in [5, 5.41) is 8.48. The standard InChI is InChI=1S/C26H30N4O2S/c1-6-18-10-12-19(13-11-18)24-28-25(32-29-24)22-17(4)30(15-16(2)3)26(33)27-23(22)20-8-7-9-21(14-20)31-5/h7-14,16,23H,6,15H2,1-5H3,(H,27,33). The number of aromatic nitrogens is 2. The molecule has 172 valence electrons. The zero-order valence-corrected chi connectivity index (χ0v) is 20.6. The molecule has 0 bridgehead atoms. The van der Waals surface area contributed by atoms with Gasteiger partial charge in [-0.2, -0.15) is 4.98 Å². The monoisotopic (exact) mass is 462 g/mol. The van der Waals surface area contributed by atoms with Gasteiger partial charge in [0.1, 0.15) is 5.75 Å². The molecule has 1 N–H and O–H groups in total. The van der Waals surface area contributed by atoms with E-state index in [1.165, 1.54) is 5.56 Å². The predicted molar refractivity (Wildman–Crippen MR) is 135 cm³/mol. The van der Waals surface area contributed by atoms with E-state index in [0.29, 0.717) is 22.7 Å². The van der Waals surface area contributed by atoms with Crippen molar-refractivity contribution in [1.82, 2.24) is 20.4 Å². The van der Waals surface area contributed by atoms with Crippen LogP contribution < -0.4 is 10.1 Å². The minimum absolute atomic E-state index is 0.230. The molecule has 0 aliphatic carbocycles. The maximum absolute atomic E-state index is 5.82. The highest BCUT2D eigenvalue weighted by atomic mass is 32.1. The summed E-state index contributed by atoms with van der Waals surface area (Å²) in [5.41, 5.74) is 5.14. The molecule has 0 radical (unpaired) electrons. The number of hydrogen-bond donors (Lipinski definition) is 1. The quantitative estimate of drug-likeness (QED) is 0.457. The van der Waals surface area contributed by atoms with E-state index in [1.807, 2.05) is 30.3 Å². The number of hydrogen-bond acceptors (Lipinski definition) is 5. The average molecular weight is 463 g/mol. The molecular formula is C26H30N4O2S. The minimum atomic E-state index is -0.230. The van der Waals surface area contributed by atoms with Gasteiger partial charge in [-0.1, -0.05) is 62.3 Å². The lowest BCUT2D eigenvalue weighted by Crippen LogP contribution is -2.47. The lowest BCUT2D eigenvalue weighted by Gasteiger charge is -2.38. The lowest BCUT2D eigenvalue weighted by molar-refractivity contribution is 0.385. The normalized spacial score (nSPS) is 16.4. The highest BCUT2D eigenvalue weighted by Crippen LogP contribution is 2.38. The first-order chi connectivity index (χ1) is 15.9. The Balaban J connectivity index is 1.79. The molecule has 1 atom stereocenters. The first-order valence-corrected chi connectivity index (χ1v) is 11.7. The summed E-state index contributed by atoms with van der Waals surface area (Å²) in [4.78, 5) is 6.91. The van der Waals surface area contributed by atoms with Gasteiger partial charge in [0.2, 0.25) is 5.82 Å². The van der Waals surface area contributed by atoms with Crippen LogP contribution in [0, 0.1) is 5.92 Å². The zero-order valence-electron chi connectivity index (χ0n) is 19.8. The lowest BCUT2D eigenvalue weighted by atomic mass is 9.94. The first-order valence-electron chi connectivity index (χ1n) is 11.3. The molecule has 7 heteroatoms. The largest absolute Gasteiger partial charge is 0.497 e. The topological polar surface area (TPSA) is 63.4 Å². The van der Waals surface area contributed by atoms with Crippen LogP contribution in [-0.4, -0.2) is 33.8 Å². The van der Waals surface area contributed by atoms with Gasteiger partial charge in [0.25, 0.3) is 5.89 Å². The summed E-state index contributed by atoms with van der Waals surface area (Å²) in [6.07, 6.45) is 0.989. The van der Waals surface area contributed by atoms with Crippen LogP contribution in [0.2, 0.25) is 0 Å². The van der Waals surface area contributed by atoms with Crippen molar-refractivity contribution in [3.05, 3.63) is 71.2 Å². The van der Waals surface area contributed by atoms with Gasteiger partial charge in [-0.3, -0.25) is 0 Å². The summed E-state index contributed by atoms with van der Waals surface area (Å²) in [6.45, 7) is 9.35. The molecular weight excluding hydrogens is 432 g/mol. The highest BCUT2D eigenvalue weighted by molar-refractivity contribution is 7.80. The van der Waals surface area contributed by atoms with Crippen LogP contribution in [0.1, 0.15) is 50.8 Å². The number of nitrogens with zero attached hydrogens (tertiary/aromatic N) is 3. The Morgan fingerprint density at radius 2 is 1.94 bits per heavy atom. The van der Waals surface area contributed by atoms with Crippen molar-refractivity contribution in [3.63, 3.8) is 0 Å².